The van der Waals surface area contributed by atoms with Gasteiger partial charge in [0.15, 0.2) is 0 Å². The molecule has 88 valence electrons. The molecular formula is C11H17ClN4. The quantitative estimate of drug-likeness (QED) is 0.818. The van der Waals surface area contributed by atoms with Gasteiger partial charge in [0.2, 0.25) is 5.28 Å². The van der Waals surface area contributed by atoms with Crippen molar-refractivity contribution in [2.24, 2.45) is 0 Å². The Hall–Kier alpha value is -0.870. The van der Waals surface area contributed by atoms with Gasteiger partial charge in [0.25, 0.3) is 0 Å². The van der Waals surface area contributed by atoms with Crippen LogP contribution in [0, 0.1) is 0 Å². The van der Waals surface area contributed by atoms with Crippen molar-refractivity contribution in [3.63, 3.8) is 0 Å². The first-order valence-electron chi connectivity index (χ1n) is 5.71. The predicted octanol–water partition coefficient (Wildman–Crippen LogP) is 2.03. The topological polar surface area (TPSA) is 41.0 Å². The minimum absolute atomic E-state index is 0.290. The van der Waals surface area contributed by atoms with Crippen LogP contribution in [0.4, 0.5) is 5.82 Å². The molecule has 0 amide bonds. The molecule has 4 nitrogen and oxygen atoms in total. The Kier molecular flexibility index (Phi) is 3.96. The minimum atomic E-state index is 0.290. The number of halogens is 1. The van der Waals surface area contributed by atoms with Crippen LogP contribution < -0.4 is 5.32 Å². The first-order valence-corrected chi connectivity index (χ1v) is 6.09. The summed E-state index contributed by atoms with van der Waals surface area (Å²) in [4.78, 5) is 10.4. The first-order chi connectivity index (χ1) is 7.74. The molecule has 0 bridgehead atoms. The first kappa shape index (κ1) is 11.6. The normalized spacial score (nSPS) is 18.6. The van der Waals surface area contributed by atoms with Crippen LogP contribution >= 0.6 is 11.6 Å². The van der Waals surface area contributed by atoms with E-state index in [2.05, 4.69) is 27.1 Å². The molecule has 16 heavy (non-hydrogen) atoms. The Morgan fingerprint density at radius 3 is 2.94 bits per heavy atom. The third kappa shape index (κ3) is 3.32. The molecule has 1 aliphatic rings. The third-order valence-corrected chi connectivity index (χ3v) is 2.93. The van der Waals surface area contributed by atoms with Gasteiger partial charge in [-0.1, -0.05) is 0 Å². The summed E-state index contributed by atoms with van der Waals surface area (Å²) >= 11 is 5.73. The zero-order valence-corrected chi connectivity index (χ0v) is 10.2. The maximum atomic E-state index is 5.73. The molecule has 1 unspecified atom stereocenters. The maximum Gasteiger partial charge on any atom is 0.224 e. The molecule has 0 saturated carbocycles. The fourth-order valence-electron chi connectivity index (χ4n) is 2.07. The number of nitrogens with zero attached hydrogens (tertiary/aromatic N) is 3. The molecule has 1 aliphatic heterocycles. The van der Waals surface area contributed by atoms with Crippen molar-refractivity contribution in [1.29, 1.82) is 0 Å². The predicted molar refractivity (Wildman–Crippen MR) is 65.8 cm³/mol. The van der Waals surface area contributed by atoms with E-state index in [1.165, 1.54) is 25.9 Å². The Morgan fingerprint density at radius 1 is 1.50 bits per heavy atom. The average Bonchev–Trinajstić information content (AvgIpc) is 2.70. The van der Waals surface area contributed by atoms with Crippen LogP contribution in [0.1, 0.15) is 19.8 Å². The third-order valence-electron chi connectivity index (χ3n) is 2.75. The molecule has 1 N–H and O–H groups in total. The highest BCUT2D eigenvalue weighted by Gasteiger charge is 2.14. The van der Waals surface area contributed by atoms with E-state index in [9.17, 15) is 0 Å². The van der Waals surface area contributed by atoms with E-state index in [0.717, 1.165) is 12.4 Å². The second-order valence-corrected chi connectivity index (χ2v) is 4.60. The van der Waals surface area contributed by atoms with Gasteiger partial charge < -0.3 is 10.2 Å². The number of rotatable bonds is 4. The van der Waals surface area contributed by atoms with E-state index in [-0.39, 0.29) is 0 Å². The van der Waals surface area contributed by atoms with Crippen molar-refractivity contribution >= 4 is 17.4 Å². The number of likely N-dealkylation sites (tertiary alicyclic amines) is 1. The fourth-order valence-corrected chi connectivity index (χ4v) is 2.21. The van der Waals surface area contributed by atoms with Gasteiger partial charge in [-0.3, -0.25) is 0 Å². The molecule has 0 spiro atoms. The van der Waals surface area contributed by atoms with Crippen molar-refractivity contribution in [1.82, 2.24) is 14.9 Å². The van der Waals surface area contributed by atoms with E-state index in [1.807, 2.05) is 6.07 Å². The van der Waals surface area contributed by atoms with E-state index < -0.39 is 0 Å². The van der Waals surface area contributed by atoms with Gasteiger partial charge in [-0.25, -0.2) is 9.97 Å². The van der Waals surface area contributed by atoms with Crippen molar-refractivity contribution in [3.8, 4) is 0 Å². The van der Waals surface area contributed by atoms with Crippen LogP contribution in [0.5, 0.6) is 0 Å². The molecule has 1 fully saturated rings. The highest BCUT2D eigenvalue weighted by Crippen LogP contribution is 2.11. The second-order valence-electron chi connectivity index (χ2n) is 4.26. The Labute approximate surface area is 101 Å². The largest absolute Gasteiger partial charge is 0.366 e. The summed E-state index contributed by atoms with van der Waals surface area (Å²) in [7, 11) is 0. The Morgan fingerprint density at radius 2 is 2.25 bits per heavy atom. The van der Waals surface area contributed by atoms with E-state index in [1.54, 1.807) is 6.20 Å². The lowest BCUT2D eigenvalue weighted by molar-refractivity contribution is 0.327. The molecular weight excluding hydrogens is 224 g/mol. The molecule has 0 aromatic carbocycles. The lowest BCUT2D eigenvalue weighted by atomic mass is 10.3. The molecule has 2 heterocycles. The summed E-state index contributed by atoms with van der Waals surface area (Å²) in [6.07, 6.45) is 4.32. The van der Waals surface area contributed by atoms with Gasteiger partial charge in [0, 0.05) is 18.8 Å². The highest BCUT2D eigenvalue weighted by molar-refractivity contribution is 6.28. The molecule has 2 rings (SSSR count). The SMILES string of the molecule is CC(CN1CCCC1)Nc1ccnc(Cl)n1. The van der Waals surface area contributed by atoms with Gasteiger partial charge in [0.1, 0.15) is 5.82 Å². The van der Waals surface area contributed by atoms with Gasteiger partial charge in [-0.15, -0.1) is 0 Å². The second kappa shape index (κ2) is 5.46. The number of aromatic nitrogens is 2. The summed E-state index contributed by atoms with van der Waals surface area (Å²) in [5.41, 5.74) is 0. The van der Waals surface area contributed by atoms with E-state index in [0.29, 0.717) is 11.3 Å². The molecule has 1 atom stereocenters. The Balaban J connectivity index is 1.84. The van der Waals surface area contributed by atoms with Crippen LogP contribution in [-0.2, 0) is 0 Å². The van der Waals surface area contributed by atoms with Crippen LogP contribution in [0.15, 0.2) is 12.3 Å². The summed E-state index contributed by atoms with van der Waals surface area (Å²) in [5, 5.41) is 3.62. The summed E-state index contributed by atoms with van der Waals surface area (Å²) in [6.45, 7) is 5.66. The van der Waals surface area contributed by atoms with Crippen molar-refractivity contribution in [3.05, 3.63) is 17.5 Å². The molecule has 0 radical (unpaired) electrons. The zero-order valence-electron chi connectivity index (χ0n) is 9.49. The molecule has 0 aliphatic carbocycles. The maximum absolute atomic E-state index is 5.73. The lowest BCUT2D eigenvalue weighted by Crippen LogP contribution is -2.33. The van der Waals surface area contributed by atoms with Crippen molar-refractivity contribution < 1.29 is 0 Å². The average molecular weight is 241 g/mol. The van der Waals surface area contributed by atoms with Crippen molar-refractivity contribution in [2.75, 3.05) is 25.0 Å². The smallest absolute Gasteiger partial charge is 0.224 e. The van der Waals surface area contributed by atoms with Gasteiger partial charge in [-0.05, 0) is 50.5 Å². The molecule has 1 aromatic heterocycles. The van der Waals surface area contributed by atoms with Crippen molar-refractivity contribution in [2.45, 2.75) is 25.8 Å². The zero-order chi connectivity index (χ0) is 11.4. The summed E-state index contributed by atoms with van der Waals surface area (Å²) < 4.78 is 0. The van der Waals surface area contributed by atoms with Gasteiger partial charge in [-0.2, -0.15) is 0 Å². The minimum Gasteiger partial charge on any atom is -0.366 e. The fraction of sp³-hybridized carbons (Fsp3) is 0.636. The molecule has 5 heteroatoms. The van der Waals surface area contributed by atoms with Crippen LogP contribution in [0.3, 0.4) is 0 Å². The summed E-state index contributed by atoms with van der Waals surface area (Å²) in [5.74, 6) is 0.798. The van der Waals surface area contributed by atoms with Gasteiger partial charge in [0.05, 0.1) is 0 Å². The standard InChI is InChI=1S/C11H17ClN4/c1-9(8-16-6-2-3-7-16)14-10-4-5-13-11(12)15-10/h4-5,9H,2-3,6-8H2,1H3,(H,13,14,15). The number of hydrogen-bond donors (Lipinski definition) is 1. The lowest BCUT2D eigenvalue weighted by Gasteiger charge is -2.21. The molecule has 1 saturated heterocycles. The van der Waals surface area contributed by atoms with Crippen LogP contribution in [0.2, 0.25) is 5.28 Å². The summed E-state index contributed by atoms with van der Waals surface area (Å²) in [6, 6.07) is 2.22. The van der Waals surface area contributed by atoms with Gasteiger partial charge >= 0.3 is 0 Å². The van der Waals surface area contributed by atoms with E-state index >= 15 is 0 Å². The Bertz CT molecular complexity index is 339. The number of hydrogen-bond acceptors (Lipinski definition) is 4. The van der Waals surface area contributed by atoms with E-state index in [4.69, 9.17) is 11.6 Å². The monoisotopic (exact) mass is 240 g/mol. The van der Waals surface area contributed by atoms with Crippen LogP contribution in [0.25, 0.3) is 0 Å². The molecule has 1 aromatic rings. The number of nitrogens with one attached hydrogen (secondary N) is 1. The van der Waals surface area contributed by atoms with Crippen LogP contribution in [-0.4, -0.2) is 40.5 Å². The number of anilines is 1. The highest BCUT2D eigenvalue weighted by atomic mass is 35.5.